The maximum atomic E-state index is 14.4. The molecule has 3 rings (SSSR count). The van der Waals surface area contributed by atoms with E-state index in [1.54, 1.807) is 24.3 Å². The van der Waals surface area contributed by atoms with E-state index in [4.69, 9.17) is 11.6 Å². The second-order valence-corrected chi connectivity index (χ2v) is 6.69. The highest BCUT2D eigenvalue weighted by atomic mass is 35.5. The standard InChI is InChI=1S/C19H20ClFN2O.ClH/c1-12-10-16(8-9-22-12)23-19(24)17-7-4-14(11-18(17)21)13-2-5-15(20)6-3-13;/h2-7,11-12,16,22H,8-10H2,1H3,(H,23,24);1H. The Morgan fingerprint density at radius 1 is 1.20 bits per heavy atom. The molecule has 1 aliphatic rings. The Kier molecular flexibility index (Phi) is 6.82. The third-order valence-corrected chi connectivity index (χ3v) is 4.60. The minimum atomic E-state index is -0.512. The molecule has 6 heteroatoms. The fourth-order valence-corrected chi connectivity index (χ4v) is 3.17. The summed E-state index contributed by atoms with van der Waals surface area (Å²) in [6.07, 6.45) is 1.72. The number of benzene rings is 2. The van der Waals surface area contributed by atoms with Gasteiger partial charge in [0.1, 0.15) is 5.82 Å². The first-order chi connectivity index (χ1) is 11.5. The van der Waals surface area contributed by atoms with Gasteiger partial charge in [0.15, 0.2) is 0 Å². The molecule has 0 aromatic heterocycles. The summed E-state index contributed by atoms with van der Waals surface area (Å²) in [7, 11) is 0. The lowest BCUT2D eigenvalue weighted by Gasteiger charge is -2.28. The monoisotopic (exact) mass is 382 g/mol. The van der Waals surface area contributed by atoms with Crippen LogP contribution in [0, 0.1) is 5.82 Å². The minimum absolute atomic E-state index is 0. The molecule has 2 N–H and O–H groups in total. The second kappa shape index (κ2) is 8.65. The lowest BCUT2D eigenvalue weighted by atomic mass is 9.99. The van der Waals surface area contributed by atoms with Gasteiger partial charge in [-0.3, -0.25) is 4.79 Å². The maximum absolute atomic E-state index is 14.4. The number of piperidine rings is 1. The van der Waals surface area contributed by atoms with Crippen LogP contribution in [0.5, 0.6) is 0 Å². The van der Waals surface area contributed by atoms with E-state index in [2.05, 4.69) is 17.6 Å². The van der Waals surface area contributed by atoms with Crippen LogP contribution < -0.4 is 10.6 Å². The number of hydrogen-bond donors (Lipinski definition) is 2. The van der Waals surface area contributed by atoms with Gasteiger partial charge in [-0.05, 0) is 61.7 Å². The van der Waals surface area contributed by atoms with Crippen molar-refractivity contribution in [2.24, 2.45) is 0 Å². The lowest BCUT2D eigenvalue weighted by molar-refractivity contribution is 0.0921. The number of carbonyl (C=O) groups is 1. The average Bonchev–Trinajstić information content (AvgIpc) is 2.55. The predicted molar refractivity (Wildman–Crippen MR) is 102 cm³/mol. The van der Waals surface area contributed by atoms with Gasteiger partial charge in [0.25, 0.3) is 5.91 Å². The zero-order chi connectivity index (χ0) is 17.1. The van der Waals surface area contributed by atoms with E-state index in [-0.39, 0.29) is 29.9 Å². The quantitative estimate of drug-likeness (QED) is 0.823. The largest absolute Gasteiger partial charge is 0.349 e. The zero-order valence-corrected chi connectivity index (χ0v) is 15.5. The van der Waals surface area contributed by atoms with E-state index in [0.29, 0.717) is 11.1 Å². The SMILES string of the molecule is CC1CC(NC(=O)c2ccc(-c3ccc(Cl)cc3)cc2F)CCN1.Cl. The fraction of sp³-hybridized carbons (Fsp3) is 0.316. The Morgan fingerprint density at radius 2 is 1.88 bits per heavy atom. The van der Waals surface area contributed by atoms with Crippen LogP contribution in [0.4, 0.5) is 4.39 Å². The van der Waals surface area contributed by atoms with Gasteiger partial charge in [-0.25, -0.2) is 4.39 Å². The highest BCUT2D eigenvalue weighted by Crippen LogP contribution is 2.24. The Balaban J connectivity index is 0.00000225. The van der Waals surface area contributed by atoms with Gasteiger partial charge in [-0.2, -0.15) is 0 Å². The van der Waals surface area contributed by atoms with Crippen molar-refractivity contribution < 1.29 is 9.18 Å². The van der Waals surface area contributed by atoms with Gasteiger partial charge in [0.05, 0.1) is 5.56 Å². The first-order valence-corrected chi connectivity index (χ1v) is 8.50. The van der Waals surface area contributed by atoms with Crippen LogP contribution in [-0.4, -0.2) is 24.5 Å². The summed E-state index contributed by atoms with van der Waals surface area (Å²) in [5, 5.41) is 6.90. The molecule has 1 aliphatic heterocycles. The van der Waals surface area contributed by atoms with Crippen molar-refractivity contribution in [2.75, 3.05) is 6.54 Å². The normalized spacial score (nSPS) is 19.8. The van der Waals surface area contributed by atoms with Crippen molar-refractivity contribution in [3.63, 3.8) is 0 Å². The molecule has 2 aromatic carbocycles. The van der Waals surface area contributed by atoms with E-state index in [0.717, 1.165) is 30.5 Å². The third kappa shape index (κ3) is 4.94. The van der Waals surface area contributed by atoms with Gasteiger partial charge < -0.3 is 10.6 Å². The van der Waals surface area contributed by atoms with Gasteiger partial charge >= 0.3 is 0 Å². The minimum Gasteiger partial charge on any atom is -0.349 e. The Bertz CT molecular complexity index is 737. The molecular weight excluding hydrogens is 362 g/mol. The second-order valence-electron chi connectivity index (χ2n) is 6.25. The summed E-state index contributed by atoms with van der Waals surface area (Å²) in [5.74, 6) is -0.865. The van der Waals surface area contributed by atoms with Crippen LogP contribution in [0.1, 0.15) is 30.1 Å². The number of nitrogens with one attached hydrogen (secondary N) is 2. The highest BCUT2D eigenvalue weighted by Gasteiger charge is 2.22. The van der Waals surface area contributed by atoms with E-state index in [9.17, 15) is 9.18 Å². The smallest absolute Gasteiger partial charge is 0.254 e. The predicted octanol–water partition coefficient (Wildman–Crippen LogP) is 4.44. The summed E-state index contributed by atoms with van der Waals surface area (Å²) in [4.78, 5) is 12.3. The molecule has 2 aromatic rings. The maximum Gasteiger partial charge on any atom is 0.254 e. The molecule has 25 heavy (non-hydrogen) atoms. The van der Waals surface area contributed by atoms with Crippen molar-refractivity contribution in [2.45, 2.75) is 31.8 Å². The molecule has 134 valence electrons. The van der Waals surface area contributed by atoms with Crippen molar-refractivity contribution >= 4 is 29.9 Å². The molecule has 1 fully saturated rings. The number of rotatable bonds is 3. The number of carbonyl (C=O) groups excluding carboxylic acids is 1. The van der Waals surface area contributed by atoms with Gasteiger partial charge in [0, 0.05) is 17.1 Å². The number of halogens is 3. The van der Waals surface area contributed by atoms with Crippen molar-refractivity contribution in [1.29, 1.82) is 0 Å². The van der Waals surface area contributed by atoms with Gasteiger partial charge in [-0.1, -0.05) is 29.8 Å². The van der Waals surface area contributed by atoms with Gasteiger partial charge in [0.2, 0.25) is 0 Å². The van der Waals surface area contributed by atoms with Crippen LogP contribution in [-0.2, 0) is 0 Å². The van der Waals surface area contributed by atoms with Crippen LogP contribution >= 0.6 is 24.0 Å². The summed E-state index contributed by atoms with van der Waals surface area (Å²) in [6.45, 7) is 2.95. The van der Waals surface area contributed by atoms with Crippen molar-refractivity contribution in [3.05, 3.63) is 58.9 Å². The molecule has 0 saturated carbocycles. The number of amides is 1. The van der Waals surface area contributed by atoms with E-state index in [1.807, 2.05) is 12.1 Å². The number of hydrogen-bond acceptors (Lipinski definition) is 2. The topological polar surface area (TPSA) is 41.1 Å². The molecule has 0 radical (unpaired) electrons. The molecule has 2 unspecified atom stereocenters. The molecule has 1 amide bonds. The highest BCUT2D eigenvalue weighted by molar-refractivity contribution is 6.30. The molecule has 2 atom stereocenters. The summed E-state index contributed by atoms with van der Waals surface area (Å²) >= 11 is 5.87. The molecular formula is C19H21Cl2FN2O. The molecule has 0 spiro atoms. The third-order valence-electron chi connectivity index (χ3n) is 4.35. The summed E-state index contributed by atoms with van der Waals surface area (Å²) < 4.78 is 14.4. The Morgan fingerprint density at radius 3 is 2.52 bits per heavy atom. The molecule has 1 heterocycles. The average molecular weight is 383 g/mol. The Hall–Kier alpha value is -1.62. The van der Waals surface area contributed by atoms with E-state index >= 15 is 0 Å². The molecule has 0 bridgehead atoms. The van der Waals surface area contributed by atoms with Crippen LogP contribution in [0.25, 0.3) is 11.1 Å². The Labute approximate surface area is 158 Å². The molecule has 0 aliphatic carbocycles. The lowest BCUT2D eigenvalue weighted by Crippen LogP contribution is -2.46. The molecule has 1 saturated heterocycles. The van der Waals surface area contributed by atoms with Crippen LogP contribution in [0.2, 0.25) is 5.02 Å². The van der Waals surface area contributed by atoms with Crippen LogP contribution in [0.3, 0.4) is 0 Å². The summed E-state index contributed by atoms with van der Waals surface area (Å²) in [6, 6.07) is 12.3. The fourth-order valence-electron chi connectivity index (χ4n) is 3.05. The van der Waals surface area contributed by atoms with E-state index in [1.165, 1.54) is 6.07 Å². The summed E-state index contributed by atoms with van der Waals surface area (Å²) in [5.41, 5.74) is 1.66. The van der Waals surface area contributed by atoms with Crippen molar-refractivity contribution in [3.8, 4) is 11.1 Å². The van der Waals surface area contributed by atoms with Gasteiger partial charge in [-0.15, -0.1) is 12.4 Å². The van der Waals surface area contributed by atoms with Crippen LogP contribution in [0.15, 0.2) is 42.5 Å². The molecule has 3 nitrogen and oxygen atoms in total. The van der Waals surface area contributed by atoms with E-state index < -0.39 is 5.82 Å². The van der Waals surface area contributed by atoms with Crippen molar-refractivity contribution in [1.82, 2.24) is 10.6 Å². The zero-order valence-electron chi connectivity index (χ0n) is 13.9. The first-order valence-electron chi connectivity index (χ1n) is 8.12. The first kappa shape index (κ1) is 19.7.